The van der Waals surface area contributed by atoms with Crippen molar-refractivity contribution in [3.8, 4) is 22.5 Å². The van der Waals surface area contributed by atoms with Crippen molar-refractivity contribution in [2.24, 2.45) is 5.73 Å². The number of halogens is 1. The average Bonchev–Trinajstić information content (AvgIpc) is 3.62. The third-order valence-electron chi connectivity index (χ3n) is 5.72. The van der Waals surface area contributed by atoms with E-state index in [4.69, 9.17) is 15.2 Å². The molecule has 11 nitrogen and oxygen atoms in total. The number of rotatable bonds is 7. The monoisotopic (exact) mass is 503 g/mol. The molecule has 4 N–H and O–H groups in total. The standard InChI is InChI=1S/C25H26FN9O2/c1-25(2,3)24-33-22(34-37-24)23(36)29-11-15-5-4-14(10-18(15)26)17-6-8-28-21-19(17)31-20(32-21)16-12-30-35(13-16)9-7-27/h4-6,8,10,12-13H,7,9,11,27H2,1-3H3,(H,29,36)(H,28,31,32). The molecule has 190 valence electrons. The van der Waals surface area contributed by atoms with Crippen molar-refractivity contribution < 1.29 is 13.7 Å². The maximum absolute atomic E-state index is 15.0. The molecule has 4 heterocycles. The lowest BCUT2D eigenvalue weighted by molar-refractivity contribution is 0.0937. The van der Waals surface area contributed by atoms with Gasteiger partial charge in [0.25, 0.3) is 11.7 Å². The average molecular weight is 504 g/mol. The first-order valence-corrected chi connectivity index (χ1v) is 11.7. The van der Waals surface area contributed by atoms with Gasteiger partial charge >= 0.3 is 0 Å². The number of nitrogens with one attached hydrogen (secondary N) is 2. The first kappa shape index (κ1) is 24.3. The number of fused-ring (bicyclic) bond motifs is 1. The molecule has 0 saturated carbocycles. The Balaban J connectivity index is 1.35. The summed E-state index contributed by atoms with van der Waals surface area (Å²) in [4.78, 5) is 28.8. The highest BCUT2D eigenvalue weighted by Gasteiger charge is 2.24. The van der Waals surface area contributed by atoms with E-state index in [9.17, 15) is 4.79 Å². The van der Waals surface area contributed by atoms with Crippen molar-refractivity contribution in [2.75, 3.05) is 6.54 Å². The maximum Gasteiger partial charge on any atom is 0.292 e. The van der Waals surface area contributed by atoms with E-state index in [0.29, 0.717) is 47.1 Å². The summed E-state index contributed by atoms with van der Waals surface area (Å²) in [5.41, 5.74) is 8.86. The molecular weight excluding hydrogens is 477 g/mol. The van der Waals surface area contributed by atoms with E-state index in [2.05, 4.69) is 30.5 Å². The van der Waals surface area contributed by atoms with Gasteiger partial charge in [-0.05, 0) is 17.7 Å². The molecule has 0 radical (unpaired) electrons. The number of hydrogen-bond acceptors (Lipinski definition) is 8. The van der Waals surface area contributed by atoms with Gasteiger partial charge in [-0.1, -0.05) is 38.1 Å². The number of aromatic nitrogens is 7. The van der Waals surface area contributed by atoms with E-state index < -0.39 is 11.7 Å². The molecule has 0 aliphatic carbocycles. The molecule has 0 aliphatic rings. The minimum absolute atomic E-state index is 0.0323. The van der Waals surface area contributed by atoms with Crippen LogP contribution in [0.1, 0.15) is 42.8 Å². The highest BCUT2D eigenvalue weighted by atomic mass is 19.1. The zero-order valence-corrected chi connectivity index (χ0v) is 20.6. The zero-order valence-electron chi connectivity index (χ0n) is 20.6. The number of hydrogen-bond donors (Lipinski definition) is 3. The van der Waals surface area contributed by atoms with E-state index >= 15 is 4.39 Å². The van der Waals surface area contributed by atoms with E-state index in [0.717, 1.165) is 11.1 Å². The largest absolute Gasteiger partial charge is 0.345 e. The topological polar surface area (TPSA) is 153 Å². The predicted octanol–water partition coefficient (Wildman–Crippen LogP) is 3.20. The second-order valence-corrected chi connectivity index (χ2v) is 9.58. The van der Waals surface area contributed by atoms with Gasteiger partial charge in [0.2, 0.25) is 5.89 Å². The summed E-state index contributed by atoms with van der Waals surface area (Å²) in [5.74, 6) is -0.150. The number of carbonyl (C=O) groups is 1. The lowest BCUT2D eigenvalue weighted by Crippen LogP contribution is -2.24. The second kappa shape index (κ2) is 9.54. The minimum Gasteiger partial charge on any atom is -0.345 e. The molecule has 0 saturated heterocycles. The fourth-order valence-corrected chi connectivity index (χ4v) is 3.75. The van der Waals surface area contributed by atoms with Crippen LogP contribution in [0.15, 0.2) is 47.4 Å². The molecule has 0 atom stereocenters. The van der Waals surface area contributed by atoms with Crippen molar-refractivity contribution in [1.82, 2.24) is 40.2 Å². The van der Waals surface area contributed by atoms with Crippen LogP contribution in [0, 0.1) is 5.82 Å². The van der Waals surface area contributed by atoms with Gasteiger partial charge in [0.15, 0.2) is 5.65 Å². The highest BCUT2D eigenvalue weighted by Crippen LogP contribution is 2.29. The molecule has 0 spiro atoms. The molecule has 0 unspecified atom stereocenters. The quantitative estimate of drug-likeness (QED) is 0.306. The van der Waals surface area contributed by atoms with Crippen LogP contribution in [-0.2, 0) is 18.5 Å². The molecule has 5 rings (SSSR count). The van der Waals surface area contributed by atoms with E-state index in [1.807, 2.05) is 27.0 Å². The molecule has 0 fully saturated rings. The van der Waals surface area contributed by atoms with Crippen LogP contribution in [0.25, 0.3) is 33.7 Å². The lowest BCUT2D eigenvalue weighted by Gasteiger charge is -2.10. The molecule has 12 heteroatoms. The van der Waals surface area contributed by atoms with Crippen molar-refractivity contribution >= 4 is 17.1 Å². The highest BCUT2D eigenvalue weighted by molar-refractivity contribution is 5.91. The molecule has 0 aliphatic heterocycles. The number of nitrogens with two attached hydrogens (primary N) is 1. The van der Waals surface area contributed by atoms with Gasteiger partial charge in [-0.25, -0.2) is 14.4 Å². The number of carbonyl (C=O) groups excluding carboxylic acids is 1. The first-order chi connectivity index (χ1) is 17.7. The maximum atomic E-state index is 15.0. The van der Waals surface area contributed by atoms with E-state index in [1.54, 1.807) is 35.3 Å². The van der Waals surface area contributed by atoms with Gasteiger partial charge in [0.05, 0.1) is 18.3 Å². The Morgan fingerprint density at radius 3 is 2.78 bits per heavy atom. The number of pyridine rings is 1. The number of amides is 1. The second-order valence-electron chi connectivity index (χ2n) is 9.58. The fraction of sp³-hybridized carbons (Fsp3) is 0.280. The van der Waals surface area contributed by atoms with E-state index in [1.165, 1.54) is 6.07 Å². The van der Waals surface area contributed by atoms with Crippen LogP contribution >= 0.6 is 0 Å². The summed E-state index contributed by atoms with van der Waals surface area (Å²) < 4.78 is 21.9. The Morgan fingerprint density at radius 2 is 2.05 bits per heavy atom. The third-order valence-corrected chi connectivity index (χ3v) is 5.72. The molecule has 1 aromatic carbocycles. The molecule has 1 amide bonds. The molecule has 0 bridgehead atoms. The van der Waals surface area contributed by atoms with Crippen molar-refractivity contribution in [2.45, 2.75) is 39.3 Å². The molecule has 5 aromatic rings. The molecular formula is C25H26FN9O2. The lowest BCUT2D eigenvalue weighted by atomic mass is 9.97. The van der Waals surface area contributed by atoms with Gasteiger partial charge in [-0.3, -0.25) is 9.48 Å². The fourth-order valence-electron chi connectivity index (χ4n) is 3.75. The molecule has 4 aromatic heterocycles. The Morgan fingerprint density at radius 1 is 1.22 bits per heavy atom. The smallest absolute Gasteiger partial charge is 0.292 e. The molecule has 37 heavy (non-hydrogen) atoms. The van der Waals surface area contributed by atoms with Gasteiger partial charge in [0.1, 0.15) is 17.2 Å². The Labute approximate surface area is 211 Å². The summed E-state index contributed by atoms with van der Waals surface area (Å²) in [5, 5.41) is 10.6. The summed E-state index contributed by atoms with van der Waals surface area (Å²) in [6.07, 6.45) is 5.19. The Kier molecular flexibility index (Phi) is 6.25. The predicted molar refractivity (Wildman–Crippen MR) is 134 cm³/mol. The summed E-state index contributed by atoms with van der Waals surface area (Å²) in [6, 6.07) is 6.59. The zero-order chi connectivity index (χ0) is 26.2. The first-order valence-electron chi connectivity index (χ1n) is 11.7. The van der Waals surface area contributed by atoms with Crippen LogP contribution in [0.3, 0.4) is 0 Å². The van der Waals surface area contributed by atoms with Gasteiger partial charge in [-0.2, -0.15) is 10.1 Å². The number of benzene rings is 1. The Hall–Kier alpha value is -4.45. The van der Waals surface area contributed by atoms with E-state index in [-0.39, 0.29) is 17.8 Å². The number of nitrogens with zero attached hydrogens (tertiary/aromatic N) is 6. The van der Waals surface area contributed by atoms with Crippen LogP contribution in [-0.4, -0.2) is 47.3 Å². The van der Waals surface area contributed by atoms with Crippen molar-refractivity contribution in [3.05, 3.63) is 66.0 Å². The Bertz CT molecular complexity index is 1580. The van der Waals surface area contributed by atoms with Crippen LogP contribution in [0.2, 0.25) is 0 Å². The van der Waals surface area contributed by atoms with Crippen LogP contribution in [0.5, 0.6) is 0 Å². The summed E-state index contributed by atoms with van der Waals surface area (Å²) >= 11 is 0. The van der Waals surface area contributed by atoms with Crippen LogP contribution in [0.4, 0.5) is 4.39 Å². The van der Waals surface area contributed by atoms with Crippen LogP contribution < -0.4 is 11.1 Å². The normalized spacial score (nSPS) is 11.8. The van der Waals surface area contributed by atoms with Gasteiger partial charge in [0, 0.05) is 42.0 Å². The van der Waals surface area contributed by atoms with Gasteiger partial charge in [-0.15, -0.1) is 0 Å². The SMILES string of the molecule is CC(C)(C)c1nc(C(=O)NCc2ccc(-c3ccnc4[nH]c(-c5cnn(CCN)c5)nc34)cc2F)no1. The minimum atomic E-state index is -0.544. The summed E-state index contributed by atoms with van der Waals surface area (Å²) in [7, 11) is 0. The summed E-state index contributed by atoms with van der Waals surface area (Å²) in [6.45, 7) is 6.75. The third kappa shape index (κ3) is 4.96. The number of H-pyrrole nitrogens is 1. The van der Waals surface area contributed by atoms with Crippen molar-refractivity contribution in [1.29, 1.82) is 0 Å². The van der Waals surface area contributed by atoms with Gasteiger partial charge < -0.3 is 20.6 Å². The van der Waals surface area contributed by atoms with Crippen molar-refractivity contribution in [3.63, 3.8) is 0 Å². The number of imidazole rings is 1. The number of aromatic amines is 1.